The van der Waals surface area contributed by atoms with Gasteiger partial charge in [0.2, 0.25) is 0 Å². The predicted octanol–water partition coefficient (Wildman–Crippen LogP) is 6.87. The lowest BCUT2D eigenvalue weighted by Gasteiger charge is -2.33. The Morgan fingerprint density at radius 2 is 1.73 bits per heavy atom. The molecule has 11 heteroatoms. The fraction of sp³-hybridized carbons (Fsp3) is 0.364. The van der Waals surface area contributed by atoms with Gasteiger partial charge in [-0.1, -0.05) is 17.7 Å². The number of carbonyl (C=O) groups excluding carboxylic acids is 1. The molecular formula is C22H20ClF6IN2O. The van der Waals surface area contributed by atoms with Gasteiger partial charge >= 0.3 is 12.4 Å². The molecule has 1 unspecified atom stereocenters. The van der Waals surface area contributed by atoms with Crippen molar-refractivity contribution in [3.05, 3.63) is 67.2 Å². The smallest absolute Gasteiger partial charge is 0.343 e. The molecule has 0 radical (unpaired) electrons. The summed E-state index contributed by atoms with van der Waals surface area (Å²) < 4.78 is 80.4. The third-order valence-electron chi connectivity index (χ3n) is 5.17. The Morgan fingerprint density at radius 3 is 2.21 bits per heavy atom. The number of amides is 1. The van der Waals surface area contributed by atoms with Crippen LogP contribution >= 0.6 is 34.2 Å². The number of hydrogen-bond donors (Lipinski definition) is 1. The van der Waals surface area contributed by atoms with Crippen LogP contribution in [0.3, 0.4) is 0 Å². The van der Waals surface area contributed by atoms with Crippen LogP contribution in [0.15, 0.2) is 41.4 Å². The molecular weight excluding hydrogens is 585 g/mol. The van der Waals surface area contributed by atoms with Gasteiger partial charge in [-0.05, 0) is 83.5 Å². The average Bonchev–Trinajstić information content (AvgIpc) is 2.67. The van der Waals surface area contributed by atoms with Gasteiger partial charge in [-0.3, -0.25) is 9.79 Å². The van der Waals surface area contributed by atoms with Crippen molar-refractivity contribution in [2.75, 3.05) is 13.6 Å². The zero-order chi connectivity index (χ0) is 25.2. The van der Waals surface area contributed by atoms with Crippen LogP contribution in [0.4, 0.5) is 26.3 Å². The summed E-state index contributed by atoms with van der Waals surface area (Å²) in [5.41, 5.74) is -1.60. The van der Waals surface area contributed by atoms with Crippen molar-refractivity contribution in [3.63, 3.8) is 0 Å². The molecule has 3 nitrogen and oxygen atoms in total. The number of halogens is 8. The van der Waals surface area contributed by atoms with Gasteiger partial charge in [-0.25, -0.2) is 0 Å². The number of nitrogens with one attached hydrogen (secondary N) is 1. The van der Waals surface area contributed by atoms with Crippen LogP contribution in [0.25, 0.3) is 0 Å². The van der Waals surface area contributed by atoms with E-state index >= 15 is 0 Å². The maximum atomic E-state index is 14.3. The highest BCUT2D eigenvalue weighted by Gasteiger charge is 2.53. The molecule has 0 spiro atoms. The number of aryl methyl sites for hydroxylation is 1. The van der Waals surface area contributed by atoms with Crippen LogP contribution in [-0.4, -0.2) is 37.6 Å². The van der Waals surface area contributed by atoms with Crippen molar-refractivity contribution in [3.8, 4) is 0 Å². The topological polar surface area (TPSA) is 41.5 Å². The molecule has 2 aromatic rings. The van der Waals surface area contributed by atoms with E-state index in [-0.39, 0.29) is 21.9 Å². The maximum absolute atomic E-state index is 14.3. The maximum Gasteiger partial charge on any atom is 0.405 e. The summed E-state index contributed by atoms with van der Waals surface area (Å²) in [4.78, 5) is 16.1. The summed E-state index contributed by atoms with van der Waals surface area (Å²) in [6.45, 7) is 1.06. The zero-order valence-corrected chi connectivity index (χ0v) is 20.7. The van der Waals surface area contributed by atoms with E-state index in [0.717, 1.165) is 6.92 Å². The zero-order valence-electron chi connectivity index (χ0n) is 17.8. The molecule has 1 N–H and O–H groups in total. The van der Waals surface area contributed by atoms with Crippen LogP contribution in [0.2, 0.25) is 5.02 Å². The highest BCUT2D eigenvalue weighted by atomic mass is 127. The van der Waals surface area contributed by atoms with Crippen molar-refractivity contribution in [1.82, 2.24) is 5.32 Å². The first-order valence-electron chi connectivity index (χ1n) is 9.52. The Bertz CT molecular complexity index is 1050. The molecule has 33 heavy (non-hydrogen) atoms. The molecule has 0 aliphatic rings. The number of carbonyl (C=O) groups is 1. The van der Waals surface area contributed by atoms with Gasteiger partial charge in [0.1, 0.15) is 6.54 Å². The van der Waals surface area contributed by atoms with Crippen LogP contribution in [-0.2, 0) is 5.41 Å². The molecule has 0 saturated heterocycles. The Kier molecular flexibility index (Phi) is 8.48. The van der Waals surface area contributed by atoms with Crippen LogP contribution in [0.5, 0.6) is 0 Å². The summed E-state index contributed by atoms with van der Waals surface area (Å²) in [7, 11) is 1.35. The van der Waals surface area contributed by atoms with E-state index in [4.69, 9.17) is 11.6 Å². The van der Waals surface area contributed by atoms with Gasteiger partial charge in [-0.15, -0.1) is 0 Å². The summed E-state index contributed by atoms with van der Waals surface area (Å²) >= 11 is 7.89. The summed E-state index contributed by atoms with van der Waals surface area (Å²) in [5, 5.41) is 1.95. The summed E-state index contributed by atoms with van der Waals surface area (Å²) in [6.07, 6.45) is -9.71. The molecule has 0 heterocycles. The number of alkyl halides is 6. The van der Waals surface area contributed by atoms with Crippen molar-refractivity contribution in [1.29, 1.82) is 0 Å². The highest BCUT2D eigenvalue weighted by Crippen LogP contribution is 2.45. The molecule has 0 fully saturated rings. The molecule has 2 rings (SSSR count). The van der Waals surface area contributed by atoms with Gasteiger partial charge in [0, 0.05) is 33.3 Å². The van der Waals surface area contributed by atoms with Crippen molar-refractivity contribution >= 4 is 45.8 Å². The first-order chi connectivity index (χ1) is 15.1. The molecule has 1 atom stereocenters. The largest absolute Gasteiger partial charge is 0.405 e. The summed E-state index contributed by atoms with van der Waals surface area (Å²) in [5.74, 6) is -0.931. The monoisotopic (exact) mass is 604 g/mol. The molecule has 2 aromatic carbocycles. The normalized spacial score (nSPS) is 14.7. The first kappa shape index (κ1) is 27.4. The highest BCUT2D eigenvalue weighted by molar-refractivity contribution is 14.1. The number of rotatable bonds is 6. The third kappa shape index (κ3) is 6.84. The van der Waals surface area contributed by atoms with Crippen molar-refractivity contribution in [2.45, 2.75) is 38.0 Å². The average molecular weight is 605 g/mol. The van der Waals surface area contributed by atoms with Gasteiger partial charge in [0.05, 0.1) is 5.41 Å². The van der Waals surface area contributed by atoms with Crippen molar-refractivity contribution < 1.29 is 31.1 Å². The molecule has 0 saturated carbocycles. The number of benzene rings is 2. The lowest BCUT2D eigenvalue weighted by Crippen LogP contribution is -2.41. The van der Waals surface area contributed by atoms with E-state index in [1.54, 1.807) is 11.4 Å². The lowest BCUT2D eigenvalue weighted by atomic mass is 9.76. The number of hydrogen-bond acceptors (Lipinski definition) is 2. The van der Waals surface area contributed by atoms with Crippen LogP contribution in [0.1, 0.15) is 40.4 Å². The molecule has 0 aromatic heterocycles. The second kappa shape index (κ2) is 10.2. The van der Waals surface area contributed by atoms with Gasteiger partial charge in [0.25, 0.3) is 5.91 Å². The molecule has 180 valence electrons. The second-order valence-electron chi connectivity index (χ2n) is 7.66. The molecule has 1 amide bonds. The Balaban J connectivity index is 2.41. The minimum atomic E-state index is -4.64. The quantitative estimate of drug-likeness (QED) is 0.218. The van der Waals surface area contributed by atoms with E-state index < -0.39 is 36.6 Å². The summed E-state index contributed by atoms with van der Waals surface area (Å²) in [6, 6.07) is 8.30. The van der Waals surface area contributed by atoms with E-state index in [9.17, 15) is 31.1 Å². The van der Waals surface area contributed by atoms with Crippen LogP contribution < -0.4 is 5.32 Å². The van der Waals surface area contributed by atoms with Crippen molar-refractivity contribution in [2.24, 2.45) is 4.99 Å². The van der Waals surface area contributed by atoms with Crippen LogP contribution in [0, 0.1) is 10.5 Å². The Labute approximate surface area is 205 Å². The van der Waals surface area contributed by atoms with Gasteiger partial charge in [0.15, 0.2) is 0 Å². The minimum absolute atomic E-state index is 0.0126. The van der Waals surface area contributed by atoms with E-state index in [1.165, 1.54) is 44.3 Å². The predicted molar refractivity (Wildman–Crippen MR) is 124 cm³/mol. The number of nitrogens with zero attached hydrogens (tertiary/aromatic N) is 1. The van der Waals surface area contributed by atoms with E-state index in [0.29, 0.717) is 14.7 Å². The minimum Gasteiger partial charge on any atom is -0.343 e. The third-order valence-corrected chi connectivity index (χ3v) is 6.01. The Morgan fingerprint density at radius 1 is 1.09 bits per heavy atom. The lowest BCUT2D eigenvalue weighted by molar-refractivity contribution is -0.183. The molecule has 0 aliphatic heterocycles. The number of aliphatic imine (C=N–C) groups is 1. The fourth-order valence-corrected chi connectivity index (χ4v) is 4.35. The first-order valence-corrected chi connectivity index (χ1v) is 11.0. The molecule has 0 bridgehead atoms. The second-order valence-corrected chi connectivity index (χ2v) is 9.34. The Hall–Kier alpha value is -1.82. The van der Waals surface area contributed by atoms with Gasteiger partial charge < -0.3 is 5.32 Å². The fourth-order valence-electron chi connectivity index (χ4n) is 3.26. The van der Waals surface area contributed by atoms with E-state index in [2.05, 4.69) is 4.99 Å². The standard InChI is InChI=1S/C22H20ClF6IN2O/c1-12-6-13(4-5-17(12)19(33)32-11-21(24,25)26)18(31-3)10-20(2,22(27,28)29)14-7-15(23)9-16(30)8-14/h4-9H,10-11H2,1-3H3,(H,32,33). The molecule has 0 aliphatic carbocycles. The SMILES string of the molecule is CN=C(CC(C)(c1cc(Cl)cc(I)c1)C(F)(F)F)c1ccc(C(=O)NCC(F)(F)F)c(C)c1. The van der Waals surface area contributed by atoms with Gasteiger partial charge in [-0.2, -0.15) is 26.3 Å². The van der Waals surface area contributed by atoms with E-state index in [1.807, 2.05) is 22.6 Å².